The molecule has 15 heavy (non-hydrogen) atoms. The first-order chi connectivity index (χ1) is 7.15. The molecule has 0 N–H and O–H groups in total. The van der Waals surface area contributed by atoms with Crippen molar-refractivity contribution < 1.29 is 4.79 Å². The summed E-state index contributed by atoms with van der Waals surface area (Å²) < 4.78 is 0. The molecule has 0 atom stereocenters. The average molecular weight is 291 g/mol. The molecule has 1 aromatic rings. The molecule has 0 radical (unpaired) electrons. The summed E-state index contributed by atoms with van der Waals surface area (Å²) in [6, 6.07) is 7.57. The van der Waals surface area contributed by atoms with Gasteiger partial charge in [-0.05, 0) is 11.6 Å². The van der Waals surface area contributed by atoms with Crippen LogP contribution in [0, 0.1) is 0 Å². The highest BCUT2D eigenvalue weighted by molar-refractivity contribution is 9.09. The van der Waals surface area contributed by atoms with Gasteiger partial charge in [0.2, 0.25) is 5.91 Å². The number of rotatable bonds is 4. The summed E-state index contributed by atoms with van der Waals surface area (Å²) in [6.07, 6.45) is 0.515. The van der Waals surface area contributed by atoms with Crippen molar-refractivity contribution in [2.75, 3.05) is 12.4 Å². The molecule has 0 unspecified atom stereocenters. The molecule has 0 heterocycles. The molecular weight excluding hydrogens is 277 g/mol. The van der Waals surface area contributed by atoms with Crippen LogP contribution in [0.4, 0.5) is 0 Å². The molecule has 0 aliphatic heterocycles. The van der Waals surface area contributed by atoms with Crippen LogP contribution in [-0.2, 0) is 11.3 Å². The molecule has 1 amide bonds. The lowest BCUT2D eigenvalue weighted by Gasteiger charge is -2.17. The van der Waals surface area contributed by atoms with Gasteiger partial charge in [-0.3, -0.25) is 4.79 Å². The second-order valence-electron chi connectivity index (χ2n) is 3.28. The van der Waals surface area contributed by atoms with E-state index in [0.717, 1.165) is 5.56 Å². The predicted molar refractivity (Wildman–Crippen MR) is 66.3 cm³/mol. The van der Waals surface area contributed by atoms with E-state index in [2.05, 4.69) is 15.9 Å². The van der Waals surface area contributed by atoms with E-state index in [0.29, 0.717) is 23.3 Å². The van der Waals surface area contributed by atoms with Crippen LogP contribution in [0.15, 0.2) is 24.3 Å². The van der Waals surface area contributed by atoms with Gasteiger partial charge in [-0.2, -0.15) is 0 Å². The number of benzene rings is 1. The lowest BCUT2D eigenvalue weighted by molar-refractivity contribution is -0.129. The zero-order valence-corrected chi connectivity index (χ0v) is 10.9. The minimum absolute atomic E-state index is 0.117. The third kappa shape index (κ3) is 3.84. The first-order valence-corrected chi connectivity index (χ1v) is 6.18. The van der Waals surface area contributed by atoms with Gasteiger partial charge in [-0.25, -0.2) is 0 Å². The standard InChI is InChI=1S/C11H13BrClNO/c1-14(11(15)6-7-12)8-9-4-2-3-5-10(9)13/h2-5H,6-8H2,1H3. The van der Waals surface area contributed by atoms with Crippen LogP contribution in [0.5, 0.6) is 0 Å². The van der Waals surface area contributed by atoms with Gasteiger partial charge in [0.1, 0.15) is 0 Å². The lowest BCUT2D eigenvalue weighted by atomic mass is 10.2. The molecule has 0 aromatic heterocycles. The van der Waals surface area contributed by atoms with Crippen molar-refractivity contribution in [2.45, 2.75) is 13.0 Å². The van der Waals surface area contributed by atoms with Crippen LogP contribution < -0.4 is 0 Å². The SMILES string of the molecule is CN(Cc1ccccc1Cl)C(=O)CCBr. The summed E-state index contributed by atoms with van der Waals surface area (Å²) in [6.45, 7) is 0.561. The number of carbonyl (C=O) groups excluding carboxylic acids is 1. The zero-order chi connectivity index (χ0) is 11.3. The van der Waals surface area contributed by atoms with Crippen LogP contribution in [0.2, 0.25) is 5.02 Å². The summed E-state index contributed by atoms with van der Waals surface area (Å²) in [5, 5.41) is 1.40. The second-order valence-corrected chi connectivity index (χ2v) is 4.48. The summed E-state index contributed by atoms with van der Waals surface area (Å²) in [5.74, 6) is 0.117. The van der Waals surface area contributed by atoms with Gasteiger partial charge in [0, 0.05) is 30.4 Å². The maximum absolute atomic E-state index is 11.5. The number of hydrogen-bond donors (Lipinski definition) is 0. The highest BCUT2D eigenvalue weighted by atomic mass is 79.9. The third-order valence-electron chi connectivity index (χ3n) is 2.10. The van der Waals surface area contributed by atoms with Crippen molar-refractivity contribution in [3.05, 3.63) is 34.9 Å². The molecule has 0 aliphatic rings. The Morgan fingerprint density at radius 3 is 2.73 bits per heavy atom. The van der Waals surface area contributed by atoms with Gasteiger partial charge in [0.05, 0.1) is 0 Å². The first kappa shape index (κ1) is 12.5. The molecule has 2 nitrogen and oxygen atoms in total. The quantitative estimate of drug-likeness (QED) is 0.780. The van der Waals surface area contributed by atoms with E-state index in [4.69, 9.17) is 11.6 Å². The van der Waals surface area contributed by atoms with E-state index in [1.807, 2.05) is 24.3 Å². The van der Waals surface area contributed by atoms with Crippen LogP contribution in [0.1, 0.15) is 12.0 Å². The number of carbonyl (C=O) groups is 1. The minimum Gasteiger partial charge on any atom is -0.341 e. The fourth-order valence-electron chi connectivity index (χ4n) is 1.24. The Kier molecular flexibility index (Phi) is 5.12. The van der Waals surface area contributed by atoms with Crippen molar-refractivity contribution >= 4 is 33.4 Å². The monoisotopic (exact) mass is 289 g/mol. The first-order valence-electron chi connectivity index (χ1n) is 4.68. The number of hydrogen-bond acceptors (Lipinski definition) is 1. The van der Waals surface area contributed by atoms with E-state index < -0.39 is 0 Å². The Morgan fingerprint density at radius 1 is 1.47 bits per heavy atom. The maximum atomic E-state index is 11.5. The van der Waals surface area contributed by atoms with Crippen molar-refractivity contribution in [3.8, 4) is 0 Å². The van der Waals surface area contributed by atoms with E-state index >= 15 is 0 Å². The number of alkyl halides is 1. The van der Waals surface area contributed by atoms with Gasteiger partial charge in [0.15, 0.2) is 0 Å². The molecule has 1 aromatic carbocycles. The largest absolute Gasteiger partial charge is 0.341 e. The maximum Gasteiger partial charge on any atom is 0.223 e. The van der Waals surface area contributed by atoms with Crippen LogP contribution in [0.3, 0.4) is 0 Å². The number of nitrogens with zero attached hydrogens (tertiary/aromatic N) is 1. The Hall–Kier alpha value is -0.540. The van der Waals surface area contributed by atoms with E-state index in [-0.39, 0.29) is 5.91 Å². The minimum atomic E-state index is 0.117. The lowest BCUT2D eigenvalue weighted by Crippen LogP contribution is -2.26. The Morgan fingerprint density at radius 2 is 2.13 bits per heavy atom. The summed E-state index contributed by atoms with van der Waals surface area (Å²) in [7, 11) is 1.79. The normalized spacial score (nSPS) is 10.1. The molecule has 0 fully saturated rings. The summed E-state index contributed by atoms with van der Waals surface area (Å²) in [5.41, 5.74) is 0.976. The molecule has 0 spiro atoms. The molecule has 82 valence electrons. The fraction of sp³-hybridized carbons (Fsp3) is 0.364. The Balaban J connectivity index is 2.62. The number of halogens is 2. The van der Waals surface area contributed by atoms with Gasteiger partial charge >= 0.3 is 0 Å². The van der Waals surface area contributed by atoms with Crippen LogP contribution in [0.25, 0.3) is 0 Å². The highest BCUT2D eigenvalue weighted by Gasteiger charge is 2.09. The molecule has 1 rings (SSSR count). The van der Waals surface area contributed by atoms with Gasteiger partial charge < -0.3 is 4.90 Å². The predicted octanol–water partition coefficient (Wildman–Crippen LogP) is 3.08. The van der Waals surface area contributed by atoms with E-state index in [1.54, 1.807) is 11.9 Å². The molecule has 0 saturated heterocycles. The summed E-state index contributed by atoms with van der Waals surface area (Å²) in [4.78, 5) is 13.2. The molecule has 0 bridgehead atoms. The molecule has 0 saturated carbocycles. The van der Waals surface area contributed by atoms with Gasteiger partial charge in [-0.15, -0.1) is 0 Å². The zero-order valence-electron chi connectivity index (χ0n) is 8.54. The smallest absolute Gasteiger partial charge is 0.223 e. The van der Waals surface area contributed by atoms with Crippen molar-refractivity contribution in [2.24, 2.45) is 0 Å². The summed E-state index contributed by atoms with van der Waals surface area (Å²) >= 11 is 9.25. The van der Waals surface area contributed by atoms with Crippen molar-refractivity contribution in [1.82, 2.24) is 4.90 Å². The van der Waals surface area contributed by atoms with Crippen molar-refractivity contribution in [1.29, 1.82) is 0 Å². The topological polar surface area (TPSA) is 20.3 Å². The second kappa shape index (κ2) is 6.13. The van der Waals surface area contributed by atoms with Crippen LogP contribution >= 0.6 is 27.5 Å². The highest BCUT2D eigenvalue weighted by Crippen LogP contribution is 2.16. The fourth-order valence-corrected chi connectivity index (χ4v) is 1.78. The molecule has 4 heteroatoms. The van der Waals surface area contributed by atoms with Crippen molar-refractivity contribution in [3.63, 3.8) is 0 Å². The Bertz CT molecular complexity index is 343. The van der Waals surface area contributed by atoms with Crippen LogP contribution in [-0.4, -0.2) is 23.2 Å². The molecular formula is C11H13BrClNO. The van der Waals surface area contributed by atoms with Gasteiger partial charge in [0.25, 0.3) is 0 Å². The number of amides is 1. The molecule has 0 aliphatic carbocycles. The Labute approximate surface area is 103 Å². The van der Waals surface area contributed by atoms with Gasteiger partial charge in [-0.1, -0.05) is 45.7 Å². The van der Waals surface area contributed by atoms with E-state index in [9.17, 15) is 4.79 Å². The average Bonchev–Trinajstić information content (AvgIpc) is 2.21. The van der Waals surface area contributed by atoms with E-state index in [1.165, 1.54) is 0 Å². The third-order valence-corrected chi connectivity index (χ3v) is 2.86.